The number of halogens is 1. The van der Waals surface area contributed by atoms with Gasteiger partial charge in [-0.15, -0.1) is 0 Å². The molecule has 2 aromatic carbocycles. The Hall–Kier alpha value is -1.31. The Kier molecular flexibility index (Phi) is 5.44. The maximum absolute atomic E-state index is 6.58. The molecule has 0 aliphatic heterocycles. The third kappa shape index (κ3) is 3.30. The second kappa shape index (κ2) is 7.11. The second-order valence-corrected chi connectivity index (χ2v) is 5.79. The molecule has 0 aliphatic rings. The molecule has 0 aliphatic carbocycles. The summed E-state index contributed by atoms with van der Waals surface area (Å²) in [5.74, 6) is 0. The highest BCUT2D eigenvalue weighted by Gasteiger charge is 2.19. The Morgan fingerprint density at radius 2 is 1.52 bits per heavy atom. The van der Waals surface area contributed by atoms with Gasteiger partial charge in [0.25, 0.3) is 0 Å². The molecule has 0 fully saturated rings. The highest BCUT2D eigenvalue weighted by atomic mass is 35.5. The summed E-state index contributed by atoms with van der Waals surface area (Å²) in [7, 11) is 0. The predicted octanol–water partition coefficient (Wildman–Crippen LogP) is 5.08. The van der Waals surface area contributed by atoms with E-state index in [1.165, 1.54) is 22.3 Å². The smallest absolute Gasteiger partial charge is 0.0571 e. The number of benzene rings is 2. The van der Waals surface area contributed by atoms with E-state index in [1.54, 1.807) is 0 Å². The fourth-order valence-corrected chi connectivity index (χ4v) is 3.18. The van der Waals surface area contributed by atoms with Crippen molar-refractivity contribution in [2.24, 2.45) is 5.73 Å². The first kappa shape index (κ1) is 16.1. The molecule has 0 heterocycles. The molecule has 1 atom stereocenters. The molecule has 2 rings (SSSR count). The maximum Gasteiger partial charge on any atom is 0.0571 e. The number of nitrogens with two attached hydrogens (primary N) is 1. The summed E-state index contributed by atoms with van der Waals surface area (Å²) in [5.41, 5.74) is 12.9. The van der Waals surface area contributed by atoms with Crippen molar-refractivity contribution in [1.29, 1.82) is 0 Å². The van der Waals surface area contributed by atoms with Gasteiger partial charge in [0.1, 0.15) is 0 Å². The Balaban J connectivity index is 2.59. The average Bonchev–Trinajstić information content (AvgIpc) is 2.53. The molecular weight excluding hydrogens is 278 g/mol. The van der Waals surface area contributed by atoms with Gasteiger partial charge < -0.3 is 5.73 Å². The van der Waals surface area contributed by atoms with Crippen molar-refractivity contribution in [3.05, 3.63) is 69.2 Å². The fourth-order valence-electron chi connectivity index (χ4n) is 2.92. The Labute approximate surface area is 133 Å². The van der Waals surface area contributed by atoms with Gasteiger partial charge in [0.05, 0.1) is 6.04 Å². The van der Waals surface area contributed by atoms with Crippen LogP contribution in [0, 0.1) is 0 Å². The second-order valence-electron chi connectivity index (χ2n) is 5.39. The zero-order valence-electron chi connectivity index (χ0n) is 13.1. The van der Waals surface area contributed by atoms with E-state index < -0.39 is 0 Å². The first-order chi connectivity index (χ1) is 10.1. The van der Waals surface area contributed by atoms with Crippen LogP contribution in [-0.4, -0.2) is 0 Å². The van der Waals surface area contributed by atoms with E-state index in [-0.39, 0.29) is 6.04 Å². The van der Waals surface area contributed by atoms with Crippen molar-refractivity contribution in [2.75, 3.05) is 0 Å². The van der Waals surface area contributed by atoms with Crippen LogP contribution in [0.2, 0.25) is 5.02 Å². The van der Waals surface area contributed by atoms with E-state index in [1.807, 2.05) is 24.3 Å². The van der Waals surface area contributed by atoms with Crippen LogP contribution in [0.1, 0.15) is 54.6 Å². The highest BCUT2D eigenvalue weighted by molar-refractivity contribution is 6.31. The summed E-state index contributed by atoms with van der Waals surface area (Å²) in [5, 5.41) is 0.744. The molecule has 2 heteroatoms. The van der Waals surface area contributed by atoms with E-state index >= 15 is 0 Å². The summed E-state index contributed by atoms with van der Waals surface area (Å²) in [4.78, 5) is 0. The van der Waals surface area contributed by atoms with Crippen molar-refractivity contribution in [3.8, 4) is 0 Å². The van der Waals surface area contributed by atoms with Crippen molar-refractivity contribution in [1.82, 2.24) is 0 Å². The molecule has 2 N–H and O–H groups in total. The fraction of sp³-hybridized carbons (Fsp3) is 0.368. The third-order valence-electron chi connectivity index (χ3n) is 4.13. The van der Waals surface area contributed by atoms with E-state index in [9.17, 15) is 0 Å². The largest absolute Gasteiger partial charge is 0.320 e. The number of rotatable bonds is 5. The van der Waals surface area contributed by atoms with Crippen LogP contribution in [0.25, 0.3) is 0 Å². The van der Waals surface area contributed by atoms with Gasteiger partial charge >= 0.3 is 0 Å². The Morgan fingerprint density at radius 1 is 0.952 bits per heavy atom. The lowest BCUT2D eigenvalue weighted by Gasteiger charge is -2.22. The molecule has 0 aromatic heterocycles. The number of aryl methyl sites for hydroxylation is 3. The van der Waals surface area contributed by atoms with Gasteiger partial charge in [0.15, 0.2) is 0 Å². The third-order valence-corrected chi connectivity index (χ3v) is 4.48. The topological polar surface area (TPSA) is 26.0 Å². The van der Waals surface area contributed by atoms with Gasteiger partial charge in [-0.25, -0.2) is 0 Å². The Bertz CT molecular complexity index is 594. The van der Waals surface area contributed by atoms with Gasteiger partial charge in [0.2, 0.25) is 0 Å². The number of hydrogen-bond acceptors (Lipinski definition) is 1. The van der Waals surface area contributed by atoms with Gasteiger partial charge in [-0.3, -0.25) is 0 Å². The van der Waals surface area contributed by atoms with Crippen molar-refractivity contribution in [3.63, 3.8) is 0 Å². The van der Waals surface area contributed by atoms with E-state index in [2.05, 4.69) is 32.9 Å². The predicted molar refractivity (Wildman–Crippen MR) is 92.1 cm³/mol. The average molecular weight is 302 g/mol. The van der Waals surface area contributed by atoms with Gasteiger partial charge in [0, 0.05) is 5.02 Å². The molecule has 2 aromatic rings. The van der Waals surface area contributed by atoms with E-state index in [0.717, 1.165) is 29.8 Å². The molecule has 0 spiro atoms. The van der Waals surface area contributed by atoms with E-state index in [4.69, 9.17) is 17.3 Å². The zero-order chi connectivity index (χ0) is 15.4. The lowest BCUT2D eigenvalue weighted by molar-refractivity contribution is 0.824. The van der Waals surface area contributed by atoms with Gasteiger partial charge in [-0.1, -0.05) is 62.7 Å². The SMILES string of the molecule is CCc1cc(CC)c(C(N)c2ccccc2Cl)c(CC)c1. The summed E-state index contributed by atoms with van der Waals surface area (Å²) < 4.78 is 0. The van der Waals surface area contributed by atoms with Crippen molar-refractivity contribution < 1.29 is 0 Å². The van der Waals surface area contributed by atoms with Gasteiger partial charge in [-0.2, -0.15) is 0 Å². The molecule has 0 saturated heterocycles. The monoisotopic (exact) mass is 301 g/mol. The molecule has 112 valence electrons. The van der Waals surface area contributed by atoms with Crippen LogP contribution in [0.3, 0.4) is 0 Å². The summed E-state index contributed by atoms with van der Waals surface area (Å²) >= 11 is 6.34. The maximum atomic E-state index is 6.58. The van der Waals surface area contributed by atoms with Crippen LogP contribution in [0.4, 0.5) is 0 Å². The van der Waals surface area contributed by atoms with Crippen LogP contribution in [-0.2, 0) is 19.3 Å². The summed E-state index contributed by atoms with van der Waals surface area (Å²) in [6.45, 7) is 6.58. The molecule has 21 heavy (non-hydrogen) atoms. The first-order valence-corrected chi connectivity index (χ1v) is 8.14. The molecule has 1 nitrogen and oxygen atoms in total. The van der Waals surface area contributed by atoms with Crippen LogP contribution in [0.5, 0.6) is 0 Å². The molecule has 0 amide bonds. The normalized spacial score (nSPS) is 12.4. The van der Waals surface area contributed by atoms with Gasteiger partial charge in [-0.05, 0) is 53.1 Å². The minimum absolute atomic E-state index is 0.158. The minimum atomic E-state index is -0.158. The molecule has 0 radical (unpaired) electrons. The number of hydrogen-bond donors (Lipinski definition) is 1. The highest BCUT2D eigenvalue weighted by Crippen LogP contribution is 2.32. The molecule has 0 bridgehead atoms. The standard InChI is InChI=1S/C19H24ClN/c1-4-13-11-14(5-2)18(15(6-3)12-13)19(21)16-9-7-8-10-17(16)20/h7-12,19H,4-6,21H2,1-3H3. The molecule has 1 unspecified atom stereocenters. The Morgan fingerprint density at radius 3 is 2.00 bits per heavy atom. The quantitative estimate of drug-likeness (QED) is 0.819. The van der Waals surface area contributed by atoms with Crippen molar-refractivity contribution in [2.45, 2.75) is 46.1 Å². The lowest BCUT2D eigenvalue weighted by atomic mass is 9.87. The van der Waals surface area contributed by atoms with E-state index in [0.29, 0.717) is 0 Å². The van der Waals surface area contributed by atoms with Crippen LogP contribution in [0.15, 0.2) is 36.4 Å². The minimum Gasteiger partial charge on any atom is -0.320 e. The van der Waals surface area contributed by atoms with Crippen molar-refractivity contribution >= 4 is 11.6 Å². The zero-order valence-corrected chi connectivity index (χ0v) is 13.9. The molecular formula is C19H24ClN. The summed E-state index contributed by atoms with van der Waals surface area (Å²) in [6, 6.07) is 12.3. The summed E-state index contributed by atoms with van der Waals surface area (Å²) in [6.07, 6.45) is 3.05. The first-order valence-electron chi connectivity index (χ1n) is 7.76. The van der Waals surface area contributed by atoms with Crippen LogP contribution < -0.4 is 5.73 Å². The van der Waals surface area contributed by atoms with Crippen LogP contribution >= 0.6 is 11.6 Å². The lowest BCUT2D eigenvalue weighted by Crippen LogP contribution is -2.17. The molecule has 0 saturated carbocycles.